The second-order valence-electron chi connectivity index (χ2n) is 3.81. The van der Waals surface area contributed by atoms with Crippen molar-refractivity contribution in [3.63, 3.8) is 0 Å². The fourth-order valence-corrected chi connectivity index (χ4v) is 1.88. The van der Waals surface area contributed by atoms with Gasteiger partial charge in [-0.25, -0.2) is 0 Å². The molecule has 0 spiro atoms. The van der Waals surface area contributed by atoms with Crippen LogP contribution >= 0.6 is 27.5 Å². The Kier molecular flexibility index (Phi) is 4.39. The minimum atomic E-state index is -0.0598. The standard InChI is InChI=1S/C13H11BrClN3O/c14-8-1-3-10(18-6-8)7-19-12-5-9(15)2-4-11(12)13(16)17/h1-6H,7H2,(H3,16,17). The Balaban J connectivity index is 2.16. The van der Waals surface area contributed by atoms with Crippen molar-refractivity contribution in [3.8, 4) is 5.75 Å². The van der Waals surface area contributed by atoms with E-state index in [0.29, 0.717) is 16.3 Å². The van der Waals surface area contributed by atoms with Crippen LogP contribution in [0.25, 0.3) is 0 Å². The lowest BCUT2D eigenvalue weighted by Crippen LogP contribution is -2.13. The number of amidine groups is 1. The second kappa shape index (κ2) is 6.04. The highest BCUT2D eigenvalue weighted by Gasteiger charge is 2.08. The number of halogens is 2. The van der Waals surface area contributed by atoms with Crippen molar-refractivity contribution in [3.05, 3.63) is 57.3 Å². The van der Waals surface area contributed by atoms with Gasteiger partial charge in [-0.05, 0) is 46.3 Å². The van der Waals surface area contributed by atoms with E-state index in [1.54, 1.807) is 24.4 Å². The average Bonchev–Trinajstić information content (AvgIpc) is 2.38. The molecule has 6 heteroatoms. The number of benzene rings is 1. The number of nitrogens with two attached hydrogens (primary N) is 1. The molecule has 0 saturated carbocycles. The van der Waals surface area contributed by atoms with E-state index in [9.17, 15) is 0 Å². The van der Waals surface area contributed by atoms with Gasteiger partial charge in [-0.3, -0.25) is 10.4 Å². The van der Waals surface area contributed by atoms with E-state index in [1.165, 1.54) is 0 Å². The van der Waals surface area contributed by atoms with Gasteiger partial charge in [0.25, 0.3) is 0 Å². The van der Waals surface area contributed by atoms with Crippen molar-refractivity contribution >= 4 is 33.4 Å². The van der Waals surface area contributed by atoms with Gasteiger partial charge < -0.3 is 10.5 Å². The summed E-state index contributed by atoms with van der Waals surface area (Å²) in [5, 5.41) is 8.02. The van der Waals surface area contributed by atoms with E-state index in [2.05, 4.69) is 20.9 Å². The summed E-state index contributed by atoms with van der Waals surface area (Å²) in [5.74, 6) is 0.417. The maximum atomic E-state index is 7.49. The fraction of sp³-hybridized carbons (Fsp3) is 0.0769. The summed E-state index contributed by atoms with van der Waals surface area (Å²) in [7, 11) is 0. The zero-order chi connectivity index (χ0) is 13.8. The van der Waals surface area contributed by atoms with Gasteiger partial charge in [0.15, 0.2) is 0 Å². The lowest BCUT2D eigenvalue weighted by Gasteiger charge is -2.10. The molecular weight excluding hydrogens is 330 g/mol. The van der Waals surface area contributed by atoms with Crippen LogP contribution in [0.5, 0.6) is 5.75 Å². The highest BCUT2D eigenvalue weighted by atomic mass is 79.9. The van der Waals surface area contributed by atoms with Crippen LogP contribution in [0.1, 0.15) is 11.3 Å². The quantitative estimate of drug-likeness (QED) is 0.662. The van der Waals surface area contributed by atoms with Crippen LogP contribution in [0.2, 0.25) is 5.02 Å². The minimum Gasteiger partial charge on any atom is -0.486 e. The summed E-state index contributed by atoms with van der Waals surface area (Å²) in [4.78, 5) is 4.20. The normalized spacial score (nSPS) is 10.2. The summed E-state index contributed by atoms with van der Waals surface area (Å²) in [6, 6.07) is 8.70. The Morgan fingerprint density at radius 1 is 1.37 bits per heavy atom. The molecule has 1 heterocycles. The van der Waals surface area contributed by atoms with Crippen molar-refractivity contribution in [1.29, 1.82) is 5.41 Å². The number of hydrogen-bond donors (Lipinski definition) is 2. The minimum absolute atomic E-state index is 0.0598. The van der Waals surface area contributed by atoms with Crippen LogP contribution in [-0.2, 0) is 6.61 Å². The van der Waals surface area contributed by atoms with E-state index in [4.69, 9.17) is 27.5 Å². The van der Waals surface area contributed by atoms with Crippen LogP contribution in [-0.4, -0.2) is 10.8 Å². The van der Waals surface area contributed by atoms with Crippen molar-refractivity contribution in [1.82, 2.24) is 4.98 Å². The molecule has 0 fully saturated rings. The van der Waals surface area contributed by atoms with Gasteiger partial charge in [0.2, 0.25) is 0 Å². The van der Waals surface area contributed by atoms with Gasteiger partial charge in [-0.2, -0.15) is 0 Å². The van der Waals surface area contributed by atoms with Crippen LogP contribution in [0, 0.1) is 5.41 Å². The molecule has 0 aliphatic carbocycles. The van der Waals surface area contributed by atoms with E-state index >= 15 is 0 Å². The molecule has 0 aliphatic rings. The second-order valence-corrected chi connectivity index (χ2v) is 5.16. The molecule has 1 aromatic carbocycles. The summed E-state index contributed by atoms with van der Waals surface area (Å²) in [6.07, 6.45) is 1.70. The number of nitrogens with zero attached hydrogens (tertiary/aromatic N) is 1. The Morgan fingerprint density at radius 3 is 2.79 bits per heavy atom. The molecule has 98 valence electrons. The molecule has 0 unspecified atom stereocenters. The molecule has 0 bridgehead atoms. The zero-order valence-electron chi connectivity index (χ0n) is 9.86. The average molecular weight is 341 g/mol. The molecule has 0 saturated heterocycles. The van der Waals surface area contributed by atoms with Gasteiger partial charge in [0.1, 0.15) is 18.2 Å². The molecule has 2 aromatic rings. The van der Waals surface area contributed by atoms with Crippen molar-refractivity contribution < 1.29 is 4.74 Å². The third-order valence-electron chi connectivity index (χ3n) is 2.40. The van der Waals surface area contributed by atoms with E-state index in [-0.39, 0.29) is 12.4 Å². The van der Waals surface area contributed by atoms with E-state index < -0.39 is 0 Å². The first kappa shape index (κ1) is 13.8. The number of aromatic nitrogens is 1. The number of rotatable bonds is 4. The molecule has 0 aliphatic heterocycles. The monoisotopic (exact) mass is 339 g/mol. The van der Waals surface area contributed by atoms with Crippen molar-refractivity contribution in [2.45, 2.75) is 6.61 Å². The number of pyridine rings is 1. The largest absolute Gasteiger partial charge is 0.486 e. The Labute approximate surface area is 124 Å². The van der Waals surface area contributed by atoms with Gasteiger partial charge in [-0.1, -0.05) is 11.6 Å². The summed E-state index contributed by atoms with van der Waals surface area (Å²) >= 11 is 9.23. The summed E-state index contributed by atoms with van der Waals surface area (Å²) in [6.45, 7) is 0.286. The Morgan fingerprint density at radius 2 is 2.16 bits per heavy atom. The first-order chi connectivity index (χ1) is 9.06. The zero-order valence-corrected chi connectivity index (χ0v) is 12.2. The van der Waals surface area contributed by atoms with Crippen molar-refractivity contribution in [2.75, 3.05) is 0 Å². The van der Waals surface area contributed by atoms with E-state index in [1.807, 2.05) is 12.1 Å². The lowest BCUT2D eigenvalue weighted by molar-refractivity contribution is 0.300. The van der Waals surface area contributed by atoms with Crippen LogP contribution in [0.3, 0.4) is 0 Å². The first-order valence-electron chi connectivity index (χ1n) is 5.43. The topological polar surface area (TPSA) is 72.0 Å². The predicted molar refractivity (Wildman–Crippen MR) is 78.7 cm³/mol. The molecule has 0 amide bonds. The Bertz CT molecular complexity index is 601. The van der Waals surface area contributed by atoms with Crippen LogP contribution in [0.15, 0.2) is 41.0 Å². The van der Waals surface area contributed by atoms with Gasteiger partial charge in [0.05, 0.1) is 11.3 Å². The molecule has 0 radical (unpaired) electrons. The molecule has 4 nitrogen and oxygen atoms in total. The maximum Gasteiger partial charge on any atom is 0.132 e. The van der Waals surface area contributed by atoms with Crippen LogP contribution < -0.4 is 10.5 Å². The van der Waals surface area contributed by atoms with Crippen LogP contribution in [0.4, 0.5) is 0 Å². The molecular formula is C13H11BrClN3O. The molecule has 0 atom stereocenters. The van der Waals surface area contributed by atoms with Crippen molar-refractivity contribution in [2.24, 2.45) is 5.73 Å². The Hall–Kier alpha value is -1.59. The number of ether oxygens (including phenoxy) is 1. The number of hydrogen-bond acceptors (Lipinski definition) is 3. The first-order valence-corrected chi connectivity index (χ1v) is 6.60. The summed E-state index contributed by atoms with van der Waals surface area (Å²) < 4.78 is 6.53. The van der Waals surface area contributed by atoms with E-state index in [0.717, 1.165) is 10.2 Å². The third-order valence-corrected chi connectivity index (χ3v) is 3.10. The highest BCUT2D eigenvalue weighted by molar-refractivity contribution is 9.10. The highest BCUT2D eigenvalue weighted by Crippen LogP contribution is 2.24. The number of nitrogens with one attached hydrogen (secondary N) is 1. The lowest BCUT2D eigenvalue weighted by atomic mass is 10.2. The van der Waals surface area contributed by atoms with Gasteiger partial charge >= 0.3 is 0 Å². The molecule has 1 aromatic heterocycles. The van der Waals surface area contributed by atoms with Gasteiger partial charge in [0, 0.05) is 15.7 Å². The third kappa shape index (κ3) is 3.68. The SMILES string of the molecule is N=C(N)c1ccc(Cl)cc1OCc1ccc(Br)cn1. The summed E-state index contributed by atoms with van der Waals surface area (Å²) in [5.41, 5.74) is 6.78. The molecule has 3 N–H and O–H groups in total. The maximum absolute atomic E-state index is 7.49. The predicted octanol–water partition coefficient (Wildman–Crippen LogP) is 3.36. The molecule has 19 heavy (non-hydrogen) atoms. The smallest absolute Gasteiger partial charge is 0.132 e. The number of nitrogen functional groups attached to an aromatic ring is 1. The van der Waals surface area contributed by atoms with Gasteiger partial charge in [-0.15, -0.1) is 0 Å². The molecule has 2 rings (SSSR count). The fourth-order valence-electron chi connectivity index (χ4n) is 1.48.